The van der Waals surface area contributed by atoms with Gasteiger partial charge in [0.2, 0.25) is 0 Å². The standard InChI is InChI=1S/C13H25NO/c1-11-7-12(2)9-13(8-11)10-14-5-4-6-15-3/h7,11,13-14H,4-6,8-10H2,1-3H3. The van der Waals surface area contributed by atoms with E-state index in [1.165, 1.54) is 19.4 Å². The van der Waals surface area contributed by atoms with E-state index >= 15 is 0 Å². The first-order valence-electron chi connectivity index (χ1n) is 6.09. The molecule has 2 unspecified atom stereocenters. The van der Waals surface area contributed by atoms with Crippen molar-refractivity contribution in [3.8, 4) is 0 Å². The van der Waals surface area contributed by atoms with Crippen LogP contribution in [0.3, 0.4) is 0 Å². The molecule has 0 aromatic carbocycles. The molecule has 0 spiro atoms. The van der Waals surface area contributed by atoms with E-state index in [0.29, 0.717) is 0 Å². The quantitative estimate of drug-likeness (QED) is 0.538. The van der Waals surface area contributed by atoms with Crippen molar-refractivity contribution < 1.29 is 4.74 Å². The molecular weight excluding hydrogens is 186 g/mol. The minimum absolute atomic E-state index is 0.768. The van der Waals surface area contributed by atoms with Gasteiger partial charge < -0.3 is 10.1 Å². The third-order valence-electron chi connectivity index (χ3n) is 3.02. The maximum atomic E-state index is 5.02. The fraction of sp³-hybridized carbons (Fsp3) is 0.846. The third-order valence-corrected chi connectivity index (χ3v) is 3.02. The summed E-state index contributed by atoms with van der Waals surface area (Å²) in [6, 6.07) is 0. The Hall–Kier alpha value is -0.340. The highest BCUT2D eigenvalue weighted by Gasteiger charge is 2.17. The van der Waals surface area contributed by atoms with Crippen molar-refractivity contribution in [1.82, 2.24) is 5.32 Å². The number of ether oxygens (including phenoxy) is 1. The number of hydrogen-bond donors (Lipinski definition) is 1. The second-order valence-electron chi connectivity index (χ2n) is 4.85. The van der Waals surface area contributed by atoms with Crippen LogP contribution < -0.4 is 5.32 Å². The number of nitrogens with one attached hydrogen (secondary N) is 1. The molecule has 15 heavy (non-hydrogen) atoms. The van der Waals surface area contributed by atoms with Crippen LogP contribution in [0.2, 0.25) is 0 Å². The topological polar surface area (TPSA) is 21.3 Å². The number of allylic oxidation sites excluding steroid dienone is 2. The van der Waals surface area contributed by atoms with Gasteiger partial charge in [-0.3, -0.25) is 0 Å². The second-order valence-corrected chi connectivity index (χ2v) is 4.85. The highest BCUT2D eigenvalue weighted by atomic mass is 16.5. The van der Waals surface area contributed by atoms with Crippen LogP contribution in [0.4, 0.5) is 0 Å². The van der Waals surface area contributed by atoms with Gasteiger partial charge in [0.25, 0.3) is 0 Å². The van der Waals surface area contributed by atoms with Crippen LogP contribution in [-0.4, -0.2) is 26.8 Å². The van der Waals surface area contributed by atoms with Crippen molar-refractivity contribution in [3.05, 3.63) is 11.6 Å². The summed E-state index contributed by atoms with van der Waals surface area (Å²) in [7, 11) is 1.76. The van der Waals surface area contributed by atoms with Crippen molar-refractivity contribution >= 4 is 0 Å². The zero-order valence-electron chi connectivity index (χ0n) is 10.4. The van der Waals surface area contributed by atoms with Crippen LogP contribution in [0.5, 0.6) is 0 Å². The summed E-state index contributed by atoms with van der Waals surface area (Å²) in [6.45, 7) is 7.70. The van der Waals surface area contributed by atoms with E-state index < -0.39 is 0 Å². The Labute approximate surface area is 94.1 Å². The van der Waals surface area contributed by atoms with Crippen LogP contribution in [-0.2, 0) is 4.74 Å². The Balaban J connectivity index is 2.09. The SMILES string of the molecule is COCCCNCC1CC(C)=CC(C)C1. The first kappa shape index (κ1) is 12.7. The Kier molecular flexibility index (Phi) is 5.96. The lowest BCUT2D eigenvalue weighted by atomic mass is 9.84. The van der Waals surface area contributed by atoms with Gasteiger partial charge in [-0.25, -0.2) is 0 Å². The lowest BCUT2D eigenvalue weighted by Gasteiger charge is -2.25. The van der Waals surface area contributed by atoms with Gasteiger partial charge in [0.15, 0.2) is 0 Å². The van der Waals surface area contributed by atoms with Crippen LogP contribution in [0.15, 0.2) is 11.6 Å². The zero-order valence-corrected chi connectivity index (χ0v) is 10.4. The smallest absolute Gasteiger partial charge is 0.0474 e. The third kappa shape index (κ3) is 5.33. The largest absolute Gasteiger partial charge is 0.385 e. The maximum absolute atomic E-state index is 5.02. The van der Waals surface area contributed by atoms with Gasteiger partial charge >= 0.3 is 0 Å². The molecular formula is C13H25NO. The van der Waals surface area contributed by atoms with Gasteiger partial charge in [0.05, 0.1) is 0 Å². The van der Waals surface area contributed by atoms with Crippen LogP contribution in [0, 0.1) is 11.8 Å². The van der Waals surface area contributed by atoms with Gasteiger partial charge in [0.1, 0.15) is 0 Å². The highest BCUT2D eigenvalue weighted by Crippen LogP contribution is 2.27. The van der Waals surface area contributed by atoms with Crippen molar-refractivity contribution in [2.45, 2.75) is 33.1 Å². The first-order valence-corrected chi connectivity index (χ1v) is 6.09. The molecule has 0 aromatic rings. The van der Waals surface area contributed by atoms with Crippen molar-refractivity contribution in [2.24, 2.45) is 11.8 Å². The predicted octanol–water partition coefficient (Wildman–Crippen LogP) is 2.60. The summed E-state index contributed by atoms with van der Waals surface area (Å²) >= 11 is 0. The van der Waals surface area contributed by atoms with Crippen LogP contribution >= 0.6 is 0 Å². The Bertz CT molecular complexity index is 201. The molecule has 2 nitrogen and oxygen atoms in total. The summed E-state index contributed by atoms with van der Waals surface area (Å²) in [4.78, 5) is 0. The van der Waals surface area contributed by atoms with E-state index in [2.05, 4.69) is 25.2 Å². The van der Waals surface area contributed by atoms with E-state index in [1.807, 2.05) is 0 Å². The molecule has 0 aliphatic heterocycles. The van der Waals surface area contributed by atoms with Crippen molar-refractivity contribution in [3.63, 3.8) is 0 Å². The Morgan fingerprint density at radius 3 is 3.00 bits per heavy atom. The van der Waals surface area contributed by atoms with Gasteiger partial charge in [-0.2, -0.15) is 0 Å². The molecule has 88 valence electrons. The van der Waals surface area contributed by atoms with Crippen LogP contribution in [0.25, 0.3) is 0 Å². The highest BCUT2D eigenvalue weighted by molar-refractivity contribution is 5.06. The van der Waals surface area contributed by atoms with Crippen molar-refractivity contribution in [1.29, 1.82) is 0 Å². The maximum Gasteiger partial charge on any atom is 0.0474 e. The average molecular weight is 211 g/mol. The van der Waals surface area contributed by atoms with E-state index in [0.717, 1.165) is 31.4 Å². The Morgan fingerprint density at radius 2 is 2.33 bits per heavy atom. The molecule has 0 heterocycles. The fourth-order valence-corrected chi connectivity index (χ4v) is 2.49. The van der Waals surface area contributed by atoms with Gasteiger partial charge in [-0.1, -0.05) is 18.6 Å². The molecule has 0 radical (unpaired) electrons. The molecule has 0 bridgehead atoms. The summed E-state index contributed by atoms with van der Waals surface area (Å²) < 4.78 is 5.02. The fourth-order valence-electron chi connectivity index (χ4n) is 2.49. The molecule has 1 aliphatic rings. The summed E-state index contributed by atoms with van der Waals surface area (Å²) in [5.41, 5.74) is 1.57. The molecule has 2 atom stereocenters. The van der Waals surface area contributed by atoms with Gasteiger partial charge in [0, 0.05) is 13.7 Å². The van der Waals surface area contributed by atoms with E-state index in [-0.39, 0.29) is 0 Å². The van der Waals surface area contributed by atoms with E-state index in [1.54, 1.807) is 12.7 Å². The van der Waals surface area contributed by atoms with Crippen LogP contribution in [0.1, 0.15) is 33.1 Å². The zero-order chi connectivity index (χ0) is 11.1. The molecule has 0 saturated heterocycles. The normalized spacial score (nSPS) is 26.5. The second kappa shape index (κ2) is 7.02. The summed E-state index contributed by atoms with van der Waals surface area (Å²) in [5, 5.41) is 3.52. The molecule has 0 fully saturated rings. The summed E-state index contributed by atoms with van der Waals surface area (Å²) in [5.74, 6) is 1.61. The Morgan fingerprint density at radius 1 is 1.53 bits per heavy atom. The average Bonchev–Trinajstić information content (AvgIpc) is 2.16. The molecule has 1 N–H and O–H groups in total. The molecule has 0 aromatic heterocycles. The molecule has 2 heteroatoms. The minimum Gasteiger partial charge on any atom is -0.385 e. The van der Waals surface area contributed by atoms with Crippen molar-refractivity contribution in [2.75, 3.05) is 26.8 Å². The lowest BCUT2D eigenvalue weighted by molar-refractivity contribution is 0.193. The number of hydrogen-bond acceptors (Lipinski definition) is 2. The number of rotatable bonds is 6. The molecule has 1 aliphatic carbocycles. The molecule has 1 rings (SSSR count). The monoisotopic (exact) mass is 211 g/mol. The van der Waals surface area contributed by atoms with Gasteiger partial charge in [-0.15, -0.1) is 0 Å². The lowest BCUT2D eigenvalue weighted by Crippen LogP contribution is -2.27. The number of methoxy groups -OCH3 is 1. The van der Waals surface area contributed by atoms with E-state index in [9.17, 15) is 0 Å². The molecule has 0 amide bonds. The molecule has 0 saturated carbocycles. The predicted molar refractivity (Wildman–Crippen MR) is 65.0 cm³/mol. The van der Waals surface area contributed by atoms with E-state index in [4.69, 9.17) is 4.74 Å². The first-order chi connectivity index (χ1) is 7.22. The summed E-state index contributed by atoms with van der Waals surface area (Å²) in [6.07, 6.45) is 6.16. The van der Waals surface area contributed by atoms with Gasteiger partial charge in [-0.05, 0) is 51.1 Å². The minimum atomic E-state index is 0.768.